The lowest BCUT2D eigenvalue weighted by Gasteiger charge is -2.22. The van der Waals surface area contributed by atoms with Crippen LogP contribution in [0, 0.1) is 0 Å². The Hall–Kier alpha value is -2.80. The van der Waals surface area contributed by atoms with E-state index in [0.29, 0.717) is 0 Å². The number of likely N-dealkylation sites (tertiary alicyclic amines) is 1. The number of phenolic OH excluding ortho intramolecular Hbond substituents is 2. The van der Waals surface area contributed by atoms with Gasteiger partial charge in [-0.05, 0) is 92.5 Å². The Morgan fingerprint density at radius 1 is 0.941 bits per heavy atom. The van der Waals surface area contributed by atoms with Gasteiger partial charge in [-0.15, -0.1) is 11.3 Å². The van der Waals surface area contributed by atoms with Crippen molar-refractivity contribution in [1.82, 2.24) is 4.90 Å². The first-order chi connectivity index (χ1) is 16.7. The maximum atomic E-state index is 9.95. The summed E-state index contributed by atoms with van der Waals surface area (Å²) < 4.78 is 13.5. The molecule has 1 aromatic heterocycles. The zero-order valence-electron chi connectivity index (χ0n) is 19.3. The smallest absolute Gasteiger partial charge is 0.153 e. The standard InChI is InChI=1S/C28H31NO4S/c30-21-7-5-20(6-8-21)28-27(25-14-9-22(31)19-26(25)34-28)33-24-12-10-23(11-13-24)32-18-17-29-15-3-1-2-4-16-29/h5-10,12-14,19,23,30-31H,1-4,11,15-18H2. The molecule has 34 heavy (non-hydrogen) atoms. The van der Waals surface area contributed by atoms with Crippen molar-refractivity contribution in [3.8, 4) is 27.7 Å². The normalized spacial score (nSPS) is 19.2. The first-order valence-corrected chi connectivity index (χ1v) is 12.9. The lowest BCUT2D eigenvalue weighted by atomic mass is 10.1. The van der Waals surface area contributed by atoms with Crippen LogP contribution < -0.4 is 4.74 Å². The van der Waals surface area contributed by atoms with Crippen molar-refractivity contribution < 1.29 is 19.7 Å². The van der Waals surface area contributed by atoms with E-state index >= 15 is 0 Å². The second-order valence-electron chi connectivity index (χ2n) is 8.96. The molecule has 0 radical (unpaired) electrons. The van der Waals surface area contributed by atoms with Crippen LogP contribution in [0.15, 0.2) is 66.5 Å². The molecule has 0 amide bonds. The zero-order chi connectivity index (χ0) is 23.3. The molecule has 1 aliphatic carbocycles. The third-order valence-corrected chi connectivity index (χ3v) is 7.62. The summed E-state index contributed by atoms with van der Waals surface area (Å²) in [6.45, 7) is 4.14. The third kappa shape index (κ3) is 5.46. The van der Waals surface area contributed by atoms with Crippen molar-refractivity contribution in [2.75, 3.05) is 26.2 Å². The molecule has 3 aromatic rings. The summed E-state index contributed by atoms with van der Waals surface area (Å²) in [5.74, 6) is 2.02. The van der Waals surface area contributed by atoms with Gasteiger partial charge >= 0.3 is 0 Å². The van der Waals surface area contributed by atoms with E-state index < -0.39 is 0 Å². The molecule has 2 aromatic carbocycles. The Balaban J connectivity index is 1.26. The maximum Gasteiger partial charge on any atom is 0.153 e. The van der Waals surface area contributed by atoms with Gasteiger partial charge in [0.2, 0.25) is 0 Å². The Bertz CT molecular complexity index is 1170. The first-order valence-electron chi connectivity index (χ1n) is 12.1. The van der Waals surface area contributed by atoms with Crippen LogP contribution in [-0.2, 0) is 4.74 Å². The molecule has 5 nitrogen and oxygen atoms in total. The molecule has 0 spiro atoms. The average Bonchev–Trinajstić information content (AvgIpc) is 3.00. The molecule has 1 saturated heterocycles. The fourth-order valence-corrected chi connectivity index (χ4v) is 5.73. The minimum Gasteiger partial charge on any atom is -0.508 e. The van der Waals surface area contributed by atoms with Crippen molar-refractivity contribution in [2.45, 2.75) is 38.2 Å². The van der Waals surface area contributed by atoms with Crippen molar-refractivity contribution in [1.29, 1.82) is 0 Å². The highest BCUT2D eigenvalue weighted by molar-refractivity contribution is 7.22. The molecule has 0 saturated carbocycles. The number of hydrogen-bond donors (Lipinski definition) is 2. The molecule has 5 rings (SSSR count). The number of aromatic hydroxyl groups is 2. The number of ether oxygens (including phenoxy) is 2. The molecule has 2 aliphatic rings. The number of phenols is 2. The van der Waals surface area contributed by atoms with Crippen LogP contribution in [0.25, 0.3) is 20.5 Å². The predicted octanol–water partition coefficient (Wildman–Crippen LogP) is 6.46. The molecule has 0 bridgehead atoms. The lowest BCUT2D eigenvalue weighted by Crippen LogP contribution is -2.29. The van der Waals surface area contributed by atoms with Crippen molar-refractivity contribution in [2.24, 2.45) is 0 Å². The minimum absolute atomic E-state index is 0.0760. The van der Waals surface area contributed by atoms with Gasteiger partial charge in [0.25, 0.3) is 0 Å². The van der Waals surface area contributed by atoms with Crippen molar-refractivity contribution in [3.63, 3.8) is 0 Å². The quantitative estimate of drug-likeness (QED) is 0.409. The largest absolute Gasteiger partial charge is 0.508 e. The van der Waals surface area contributed by atoms with Gasteiger partial charge in [-0.2, -0.15) is 0 Å². The number of benzene rings is 2. The predicted molar refractivity (Wildman–Crippen MR) is 138 cm³/mol. The van der Waals surface area contributed by atoms with Crippen LogP contribution >= 0.6 is 11.3 Å². The molecular weight excluding hydrogens is 446 g/mol. The van der Waals surface area contributed by atoms with Crippen LogP contribution in [0.3, 0.4) is 0 Å². The summed E-state index contributed by atoms with van der Waals surface area (Å²) in [4.78, 5) is 3.49. The summed E-state index contributed by atoms with van der Waals surface area (Å²) >= 11 is 1.56. The topological polar surface area (TPSA) is 62.2 Å². The van der Waals surface area contributed by atoms with E-state index in [2.05, 4.69) is 17.1 Å². The van der Waals surface area contributed by atoms with Crippen LogP contribution in [0.1, 0.15) is 32.1 Å². The fraction of sp³-hybridized carbons (Fsp3) is 0.357. The Morgan fingerprint density at radius 2 is 1.71 bits per heavy atom. The fourth-order valence-electron chi connectivity index (χ4n) is 4.56. The van der Waals surface area contributed by atoms with E-state index in [-0.39, 0.29) is 17.6 Å². The third-order valence-electron chi connectivity index (χ3n) is 6.44. The highest BCUT2D eigenvalue weighted by Crippen LogP contribution is 2.46. The molecule has 6 heteroatoms. The van der Waals surface area contributed by atoms with E-state index in [1.807, 2.05) is 24.3 Å². The second-order valence-corrected chi connectivity index (χ2v) is 10.0. The van der Waals surface area contributed by atoms with Crippen molar-refractivity contribution in [3.05, 3.63) is 66.5 Å². The highest BCUT2D eigenvalue weighted by Gasteiger charge is 2.19. The Labute approximate surface area is 204 Å². The number of hydrogen-bond acceptors (Lipinski definition) is 6. The monoisotopic (exact) mass is 477 g/mol. The number of thiophene rings is 1. The number of allylic oxidation sites excluding steroid dienone is 1. The SMILES string of the molecule is Oc1ccc(-c2sc3cc(O)ccc3c2OC2=CCC(OCCN3CCCCCC3)C=C2)cc1. The lowest BCUT2D eigenvalue weighted by molar-refractivity contribution is 0.0653. The molecule has 1 fully saturated rings. The van der Waals surface area contributed by atoms with Gasteiger partial charge in [-0.3, -0.25) is 0 Å². The first kappa shape index (κ1) is 23.0. The van der Waals surface area contributed by atoms with Crippen LogP contribution in [0.2, 0.25) is 0 Å². The summed E-state index contributed by atoms with van der Waals surface area (Å²) in [6, 6.07) is 12.4. The van der Waals surface area contributed by atoms with Gasteiger partial charge < -0.3 is 24.6 Å². The van der Waals surface area contributed by atoms with E-state index in [0.717, 1.165) is 51.6 Å². The molecule has 1 atom stereocenters. The maximum absolute atomic E-state index is 9.95. The van der Waals surface area contributed by atoms with Crippen molar-refractivity contribution >= 4 is 21.4 Å². The zero-order valence-corrected chi connectivity index (χ0v) is 20.1. The molecule has 2 N–H and O–H groups in total. The summed E-state index contributed by atoms with van der Waals surface area (Å²) in [6.07, 6.45) is 12.3. The molecule has 1 unspecified atom stereocenters. The van der Waals surface area contributed by atoms with E-state index in [1.54, 1.807) is 35.6 Å². The number of fused-ring (bicyclic) bond motifs is 1. The van der Waals surface area contributed by atoms with Gasteiger partial charge in [0.05, 0.1) is 17.6 Å². The van der Waals surface area contributed by atoms with Gasteiger partial charge in [0.1, 0.15) is 17.3 Å². The van der Waals surface area contributed by atoms with Gasteiger partial charge in [0, 0.05) is 16.6 Å². The van der Waals surface area contributed by atoms with Crippen LogP contribution in [-0.4, -0.2) is 47.5 Å². The number of nitrogens with zero attached hydrogens (tertiary/aromatic N) is 1. The average molecular weight is 478 g/mol. The molecule has 2 heterocycles. The second kappa shape index (κ2) is 10.6. The van der Waals surface area contributed by atoms with Gasteiger partial charge in [-0.1, -0.05) is 18.9 Å². The highest BCUT2D eigenvalue weighted by atomic mass is 32.1. The Kier molecular flexibility index (Phi) is 7.19. The Morgan fingerprint density at radius 3 is 2.44 bits per heavy atom. The molecule has 1 aliphatic heterocycles. The van der Waals surface area contributed by atoms with Gasteiger partial charge in [-0.25, -0.2) is 0 Å². The van der Waals surface area contributed by atoms with Gasteiger partial charge in [0.15, 0.2) is 5.75 Å². The van der Waals surface area contributed by atoms with E-state index in [4.69, 9.17) is 9.47 Å². The van der Waals surface area contributed by atoms with Crippen LogP contribution in [0.4, 0.5) is 0 Å². The van der Waals surface area contributed by atoms with E-state index in [1.165, 1.54) is 38.8 Å². The molecular formula is C28H31NO4S. The van der Waals surface area contributed by atoms with E-state index in [9.17, 15) is 10.2 Å². The summed E-state index contributed by atoms with van der Waals surface area (Å²) in [7, 11) is 0. The summed E-state index contributed by atoms with van der Waals surface area (Å²) in [5, 5.41) is 20.6. The summed E-state index contributed by atoms with van der Waals surface area (Å²) in [5.41, 5.74) is 0.962. The van der Waals surface area contributed by atoms with Crippen LogP contribution in [0.5, 0.6) is 17.2 Å². The molecule has 178 valence electrons. The number of rotatable bonds is 7. The minimum atomic E-state index is 0.0760.